The zero-order valence-electron chi connectivity index (χ0n) is 14.9. The lowest BCUT2D eigenvalue weighted by Gasteiger charge is -2.36. The molecule has 1 heterocycles. The second-order valence-corrected chi connectivity index (χ2v) is 7.87. The maximum absolute atomic E-state index is 12.0. The molecule has 2 atom stereocenters. The van der Waals surface area contributed by atoms with Gasteiger partial charge in [-0.05, 0) is 23.8 Å². The van der Waals surface area contributed by atoms with Crippen LogP contribution in [0.4, 0.5) is 0 Å². The second-order valence-electron chi connectivity index (χ2n) is 6.48. The highest BCUT2D eigenvalue weighted by Gasteiger charge is 2.38. The van der Waals surface area contributed by atoms with E-state index >= 15 is 0 Å². The number of nitrogens with zero attached hydrogens (tertiary/aromatic N) is 1. The highest BCUT2D eigenvalue weighted by molar-refractivity contribution is 7.85. The Balaban J connectivity index is 1.97. The van der Waals surface area contributed by atoms with E-state index in [0.29, 0.717) is 28.5 Å². The fourth-order valence-electron chi connectivity index (χ4n) is 3.68. The molecule has 144 valence electrons. The summed E-state index contributed by atoms with van der Waals surface area (Å²) in [5.41, 5.74) is 1.81. The fourth-order valence-corrected chi connectivity index (χ4v) is 4.42. The van der Waals surface area contributed by atoms with Gasteiger partial charge < -0.3 is 15.3 Å². The number of hydrogen-bond donors (Lipinski definition) is 2. The standard InChI is InChI=1S/C20H18N2O5S/c1-26-13-7-9-15-18(11-13)27-17-10-12(22-21)6-8-14(17)20(15)16-4-2-3-5-19(16)28(23,24)25/h2-11,14,20H,21H2,1H3,(H,23,24,25)/b22-12-. The topological polar surface area (TPSA) is 111 Å². The number of fused-ring (bicyclic) bond motifs is 2. The van der Waals surface area contributed by atoms with Crippen molar-refractivity contribution in [3.8, 4) is 11.5 Å². The van der Waals surface area contributed by atoms with Gasteiger partial charge in [0, 0.05) is 29.5 Å². The Kier molecular flexibility index (Phi) is 4.44. The number of hydrazone groups is 1. The molecular weight excluding hydrogens is 380 g/mol. The zero-order valence-corrected chi connectivity index (χ0v) is 15.8. The molecule has 2 aromatic carbocycles. The van der Waals surface area contributed by atoms with Crippen LogP contribution >= 0.6 is 0 Å². The first kappa shape index (κ1) is 18.3. The van der Waals surface area contributed by atoms with Gasteiger partial charge in [0.05, 0.1) is 17.7 Å². The van der Waals surface area contributed by atoms with E-state index in [1.165, 1.54) is 6.07 Å². The van der Waals surface area contributed by atoms with Crippen LogP contribution in [-0.4, -0.2) is 25.8 Å². The highest BCUT2D eigenvalue weighted by Crippen LogP contribution is 2.49. The van der Waals surface area contributed by atoms with Crippen molar-refractivity contribution in [1.29, 1.82) is 0 Å². The van der Waals surface area contributed by atoms with Crippen LogP contribution in [0.25, 0.3) is 0 Å². The molecule has 0 radical (unpaired) electrons. The number of rotatable bonds is 3. The predicted octanol–water partition coefficient (Wildman–Crippen LogP) is 2.85. The molecule has 0 saturated carbocycles. The third kappa shape index (κ3) is 3.06. The molecule has 2 aromatic rings. The molecule has 8 heteroatoms. The van der Waals surface area contributed by atoms with Gasteiger partial charge in [-0.25, -0.2) is 0 Å². The quantitative estimate of drug-likeness (QED) is 0.467. The average molecular weight is 398 g/mol. The van der Waals surface area contributed by atoms with E-state index in [9.17, 15) is 13.0 Å². The highest BCUT2D eigenvalue weighted by atomic mass is 32.2. The Morgan fingerprint density at radius 2 is 1.96 bits per heavy atom. The van der Waals surface area contributed by atoms with Gasteiger partial charge in [-0.2, -0.15) is 13.5 Å². The summed E-state index contributed by atoms with van der Waals surface area (Å²) in [6, 6.07) is 11.8. The molecule has 2 unspecified atom stereocenters. The second kappa shape index (κ2) is 6.81. The monoisotopic (exact) mass is 398 g/mol. The third-order valence-electron chi connectivity index (χ3n) is 4.92. The summed E-state index contributed by atoms with van der Waals surface area (Å²) in [4.78, 5) is -0.130. The molecule has 3 N–H and O–H groups in total. The lowest BCUT2D eigenvalue weighted by Crippen LogP contribution is -2.27. The van der Waals surface area contributed by atoms with E-state index in [1.54, 1.807) is 49.6 Å². The van der Waals surface area contributed by atoms with Crippen molar-refractivity contribution in [1.82, 2.24) is 0 Å². The third-order valence-corrected chi connectivity index (χ3v) is 5.84. The van der Waals surface area contributed by atoms with Gasteiger partial charge in [0.1, 0.15) is 17.3 Å². The molecule has 28 heavy (non-hydrogen) atoms. The van der Waals surface area contributed by atoms with E-state index in [2.05, 4.69) is 5.10 Å². The van der Waals surface area contributed by atoms with Crippen molar-refractivity contribution in [2.75, 3.05) is 7.11 Å². The van der Waals surface area contributed by atoms with Crippen molar-refractivity contribution in [2.24, 2.45) is 16.9 Å². The summed E-state index contributed by atoms with van der Waals surface area (Å²) in [5, 5.41) is 3.70. The van der Waals surface area contributed by atoms with Crippen LogP contribution in [0.2, 0.25) is 0 Å². The minimum absolute atomic E-state index is 0.130. The van der Waals surface area contributed by atoms with Crippen LogP contribution in [0.5, 0.6) is 11.5 Å². The minimum Gasteiger partial charge on any atom is -0.497 e. The van der Waals surface area contributed by atoms with Gasteiger partial charge in [0.25, 0.3) is 10.1 Å². The van der Waals surface area contributed by atoms with Crippen LogP contribution in [0.1, 0.15) is 17.0 Å². The molecule has 0 fully saturated rings. The van der Waals surface area contributed by atoms with Crippen LogP contribution < -0.4 is 15.3 Å². The Labute approximate surface area is 162 Å². The first-order valence-electron chi connectivity index (χ1n) is 8.52. The number of nitrogens with two attached hydrogens (primary N) is 1. The van der Waals surface area contributed by atoms with Crippen LogP contribution in [0.15, 0.2) is 76.4 Å². The molecular formula is C20H18N2O5S. The minimum atomic E-state index is -4.40. The summed E-state index contributed by atoms with van der Waals surface area (Å²) >= 11 is 0. The van der Waals surface area contributed by atoms with Gasteiger partial charge in [0.15, 0.2) is 0 Å². The van der Waals surface area contributed by atoms with Crippen LogP contribution in [0.3, 0.4) is 0 Å². The largest absolute Gasteiger partial charge is 0.497 e. The number of hydrogen-bond acceptors (Lipinski definition) is 6. The molecule has 4 rings (SSSR count). The van der Waals surface area contributed by atoms with Crippen molar-refractivity contribution < 1.29 is 22.4 Å². The maximum atomic E-state index is 12.0. The molecule has 1 aliphatic heterocycles. The molecule has 0 spiro atoms. The first-order valence-corrected chi connectivity index (χ1v) is 9.96. The molecule has 0 bridgehead atoms. The van der Waals surface area contributed by atoms with Crippen molar-refractivity contribution in [3.63, 3.8) is 0 Å². The van der Waals surface area contributed by atoms with Crippen LogP contribution in [-0.2, 0) is 10.1 Å². The fraction of sp³-hybridized carbons (Fsp3) is 0.150. The lowest BCUT2D eigenvalue weighted by atomic mass is 9.76. The van der Waals surface area contributed by atoms with Gasteiger partial charge in [-0.15, -0.1) is 0 Å². The molecule has 7 nitrogen and oxygen atoms in total. The van der Waals surface area contributed by atoms with Crippen molar-refractivity contribution in [2.45, 2.75) is 10.8 Å². The summed E-state index contributed by atoms with van der Waals surface area (Å²) in [6.07, 6.45) is 5.35. The van der Waals surface area contributed by atoms with E-state index < -0.39 is 16.0 Å². The molecule has 1 aliphatic carbocycles. The molecule has 0 aromatic heterocycles. The number of benzene rings is 2. The Morgan fingerprint density at radius 3 is 2.68 bits per heavy atom. The summed E-state index contributed by atoms with van der Waals surface area (Å²) in [7, 11) is -2.85. The molecule has 0 amide bonds. The van der Waals surface area contributed by atoms with E-state index in [4.69, 9.17) is 15.3 Å². The van der Waals surface area contributed by atoms with Gasteiger partial charge >= 0.3 is 0 Å². The summed E-state index contributed by atoms with van der Waals surface area (Å²) < 4.78 is 45.1. The van der Waals surface area contributed by atoms with Crippen LogP contribution in [0, 0.1) is 5.92 Å². The smallest absolute Gasteiger partial charge is 0.294 e. The van der Waals surface area contributed by atoms with Crippen molar-refractivity contribution >= 4 is 15.8 Å². The van der Waals surface area contributed by atoms with E-state index in [1.807, 2.05) is 12.1 Å². The molecule has 2 aliphatic rings. The normalized spacial score (nSPS) is 22.1. The molecule has 0 saturated heterocycles. The Bertz CT molecular complexity index is 1140. The average Bonchev–Trinajstić information content (AvgIpc) is 2.70. The number of ether oxygens (including phenoxy) is 2. The van der Waals surface area contributed by atoms with Gasteiger partial charge in [-0.3, -0.25) is 4.55 Å². The SMILES string of the molecule is COc1ccc2c(c1)OC1=C/C(=N\N)C=CC1C2c1ccccc1S(=O)(=O)O. The van der Waals surface area contributed by atoms with Crippen molar-refractivity contribution in [3.05, 3.63) is 77.6 Å². The van der Waals surface area contributed by atoms with Gasteiger partial charge in [0.2, 0.25) is 0 Å². The first-order chi connectivity index (χ1) is 13.4. The van der Waals surface area contributed by atoms with E-state index in [0.717, 1.165) is 5.56 Å². The Hall–Kier alpha value is -3.10. The number of allylic oxidation sites excluding steroid dienone is 3. The maximum Gasteiger partial charge on any atom is 0.294 e. The summed E-state index contributed by atoms with van der Waals surface area (Å²) in [6.45, 7) is 0. The number of methoxy groups -OCH3 is 1. The van der Waals surface area contributed by atoms with Gasteiger partial charge in [-0.1, -0.05) is 30.3 Å². The predicted molar refractivity (Wildman–Crippen MR) is 104 cm³/mol. The zero-order chi connectivity index (χ0) is 19.9. The Morgan fingerprint density at radius 1 is 1.18 bits per heavy atom. The lowest BCUT2D eigenvalue weighted by molar-refractivity contribution is 0.319. The summed E-state index contributed by atoms with van der Waals surface area (Å²) in [5.74, 6) is 6.46. The van der Waals surface area contributed by atoms with E-state index in [-0.39, 0.29) is 10.8 Å².